The molecule has 0 fully saturated rings. The zero-order chi connectivity index (χ0) is 14.6. The summed E-state index contributed by atoms with van der Waals surface area (Å²) in [6.07, 6.45) is 0. The van der Waals surface area contributed by atoms with Crippen LogP contribution in [-0.4, -0.2) is 34.9 Å². The lowest BCUT2D eigenvalue weighted by atomic mass is 10.1. The molecule has 5 nitrogen and oxygen atoms in total. The molecule has 0 saturated heterocycles. The lowest BCUT2D eigenvalue weighted by molar-refractivity contribution is -0.118. The number of nitrogens with zero attached hydrogens (tertiary/aromatic N) is 1. The van der Waals surface area contributed by atoms with Crippen molar-refractivity contribution in [1.29, 1.82) is 0 Å². The van der Waals surface area contributed by atoms with Crippen LogP contribution in [0.2, 0.25) is 5.02 Å². The van der Waals surface area contributed by atoms with E-state index >= 15 is 0 Å². The van der Waals surface area contributed by atoms with Gasteiger partial charge >= 0.3 is 0 Å². The van der Waals surface area contributed by atoms with Crippen LogP contribution < -0.4 is 5.73 Å². The predicted molar refractivity (Wildman–Crippen MR) is 73.1 cm³/mol. The van der Waals surface area contributed by atoms with Gasteiger partial charge in [-0.25, -0.2) is 0 Å². The molecule has 0 unspecified atom stereocenters. The Hall–Kier alpha value is -1.75. The number of benzene rings is 1. The monoisotopic (exact) mass is 284 g/mol. The van der Waals surface area contributed by atoms with E-state index in [-0.39, 0.29) is 23.8 Å². The Morgan fingerprint density at radius 2 is 2.05 bits per heavy atom. The molecule has 1 aromatic rings. The van der Waals surface area contributed by atoms with E-state index in [2.05, 4.69) is 0 Å². The van der Waals surface area contributed by atoms with Crippen molar-refractivity contribution in [2.75, 3.05) is 13.1 Å². The summed E-state index contributed by atoms with van der Waals surface area (Å²) in [7, 11) is 0. The van der Waals surface area contributed by atoms with Gasteiger partial charge in [0.1, 0.15) is 5.75 Å². The molecular weight excluding hydrogens is 268 g/mol. The molecular formula is C13H17ClN2O3. The third kappa shape index (κ3) is 4.44. The summed E-state index contributed by atoms with van der Waals surface area (Å²) in [6, 6.07) is 4.19. The van der Waals surface area contributed by atoms with Crippen molar-refractivity contribution in [2.45, 2.75) is 13.8 Å². The second kappa shape index (κ2) is 6.43. The lowest BCUT2D eigenvalue weighted by Gasteiger charge is -2.23. The third-order valence-electron chi connectivity index (χ3n) is 2.41. The fraction of sp³-hybridized carbons (Fsp3) is 0.385. The number of phenolic OH excluding ortho intramolecular Hbond substituents is 1. The number of aromatic hydroxyl groups is 1. The van der Waals surface area contributed by atoms with Gasteiger partial charge in [-0.05, 0) is 24.1 Å². The summed E-state index contributed by atoms with van der Waals surface area (Å²) in [5.41, 5.74) is 5.20. The van der Waals surface area contributed by atoms with Gasteiger partial charge < -0.3 is 15.7 Å². The second-order valence-electron chi connectivity index (χ2n) is 4.71. The molecule has 0 radical (unpaired) electrons. The van der Waals surface area contributed by atoms with Crippen LogP contribution in [0.4, 0.5) is 0 Å². The summed E-state index contributed by atoms with van der Waals surface area (Å²) < 4.78 is 0. The number of carbonyl (C=O) groups is 2. The predicted octanol–water partition coefficient (Wildman–Crippen LogP) is 1.63. The molecule has 2 amide bonds. The van der Waals surface area contributed by atoms with Crippen molar-refractivity contribution < 1.29 is 14.7 Å². The van der Waals surface area contributed by atoms with Gasteiger partial charge in [0.05, 0.1) is 12.1 Å². The van der Waals surface area contributed by atoms with Gasteiger partial charge in [0.25, 0.3) is 5.91 Å². The first-order valence-electron chi connectivity index (χ1n) is 5.87. The number of rotatable bonds is 5. The number of hydrogen-bond donors (Lipinski definition) is 2. The standard InChI is InChI=1S/C13H17ClN2O3/c1-8(2)6-16(7-12(15)18)13(19)10-5-9(14)3-4-11(10)17/h3-5,8,17H,6-7H2,1-2H3,(H2,15,18). The first-order valence-corrected chi connectivity index (χ1v) is 6.25. The molecule has 6 heteroatoms. The van der Waals surface area contributed by atoms with Crippen LogP contribution in [0.5, 0.6) is 5.75 Å². The van der Waals surface area contributed by atoms with E-state index in [1.165, 1.54) is 23.1 Å². The summed E-state index contributed by atoms with van der Waals surface area (Å²) in [5.74, 6) is -1.07. The van der Waals surface area contributed by atoms with E-state index in [0.29, 0.717) is 11.6 Å². The minimum atomic E-state index is -0.601. The van der Waals surface area contributed by atoms with Gasteiger partial charge in [-0.2, -0.15) is 0 Å². The van der Waals surface area contributed by atoms with Gasteiger partial charge in [0.2, 0.25) is 5.91 Å². The molecule has 0 heterocycles. The first kappa shape index (κ1) is 15.3. The van der Waals surface area contributed by atoms with Crippen LogP contribution in [0.15, 0.2) is 18.2 Å². The van der Waals surface area contributed by atoms with Crippen LogP contribution in [0.3, 0.4) is 0 Å². The maximum absolute atomic E-state index is 12.3. The second-order valence-corrected chi connectivity index (χ2v) is 5.14. The molecule has 104 valence electrons. The largest absolute Gasteiger partial charge is 0.507 e. The molecule has 19 heavy (non-hydrogen) atoms. The molecule has 1 rings (SSSR count). The minimum Gasteiger partial charge on any atom is -0.507 e. The molecule has 3 N–H and O–H groups in total. The van der Waals surface area contributed by atoms with Crippen molar-refractivity contribution in [1.82, 2.24) is 4.90 Å². The highest BCUT2D eigenvalue weighted by atomic mass is 35.5. The average Bonchev–Trinajstić information content (AvgIpc) is 2.29. The van der Waals surface area contributed by atoms with Gasteiger partial charge in [0, 0.05) is 11.6 Å². The van der Waals surface area contributed by atoms with Crippen molar-refractivity contribution in [3.63, 3.8) is 0 Å². The number of amides is 2. The van der Waals surface area contributed by atoms with Crippen LogP contribution in [0.25, 0.3) is 0 Å². The maximum Gasteiger partial charge on any atom is 0.258 e. The van der Waals surface area contributed by atoms with Crippen molar-refractivity contribution in [2.24, 2.45) is 11.7 Å². The minimum absolute atomic E-state index is 0.0643. The van der Waals surface area contributed by atoms with Gasteiger partial charge in [-0.15, -0.1) is 0 Å². The molecule has 0 aromatic heterocycles. The molecule has 0 spiro atoms. The number of nitrogens with two attached hydrogens (primary N) is 1. The molecule has 0 aliphatic rings. The Morgan fingerprint density at radius 3 is 2.58 bits per heavy atom. The molecule has 0 bridgehead atoms. The number of phenols is 1. The van der Waals surface area contributed by atoms with Crippen molar-refractivity contribution in [3.05, 3.63) is 28.8 Å². The van der Waals surface area contributed by atoms with Gasteiger partial charge in [-0.3, -0.25) is 9.59 Å². The fourth-order valence-electron chi connectivity index (χ4n) is 1.70. The lowest BCUT2D eigenvalue weighted by Crippen LogP contribution is -2.40. The zero-order valence-corrected chi connectivity index (χ0v) is 11.6. The Morgan fingerprint density at radius 1 is 1.42 bits per heavy atom. The zero-order valence-electron chi connectivity index (χ0n) is 10.9. The summed E-state index contributed by atoms with van der Waals surface area (Å²) >= 11 is 5.80. The molecule has 1 aromatic carbocycles. The smallest absolute Gasteiger partial charge is 0.258 e. The SMILES string of the molecule is CC(C)CN(CC(N)=O)C(=O)c1cc(Cl)ccc1O. The van der Waals surface area contributed by atoms with E-state index in [4.69, 9.17) is 17.3 Å². The number of hydrogen-bond acceptors (Lipinski definition) is 3. The number of carbonyl (C=O) groups excluding carboxylic acids is 2. The van der Waals surface area contributed by atoms with E-state index in [0.717, 1.165) is 0 Å². The number of primary amides is 1. The Balaban J connectivity index is 3.03. The molecule has 0 aliphatic heterocycles. The quantitative estimate of drug-likeness (QED) is 0.862. The summed E-state index contributed by atoms with van der Waals surface area (Å²) in [4.78, 5) is 24.6. The summed E-state index contributed by atoms with van der Waals surface area (Å²) in [5, 5.41) is 10.0. The molecule has 0 saturated carbocycles. The van der Waals surface area contributed by atoms with Crippen LogP contribution in [0.1, 0.15) is 24.2 Å². The Bertz CT molecular complexity index is 489. The van der Waals surface area contributed by atoms with E-state index in [1.54, 1.807) is 0 Å². The van der Waals surface area contributed by atoms with E-state index in [1.807, 2.05) is 13.8 Å². The van der Waals surface area contributed by atoms with Gasteiger partial charge in [-0.1, -0.05) is 25.4 Å². The number of halogens is 1. The Kier molecular flexibility index (Phi) is 5.18. The maximum atomic E-state index is 12.3. The molecule has 0 aliphatic carbocycles. The molecule has 0 atom stereocenters. The van der Waals surface area contributed by atoms with Crippen molar-refractivity contribution >= 4 is 23.4 Å². The highest BCUT2D eigenvalue weighted by Gasteiger charge is 2.21. The van der Waals surface area contributed by atoms with Crippen LogP contribution in [-0.2, 0) is 4.79 Å². The average molecular weight is 285 g/mol. The first-order chi connectivity index (χ1) is 8.81. The van der Waals surface area contributed by atoms with Gasteiger partial charge in [0.15, 0.2) is 0 Å². The van der Waals surface area contributed by atoms with Crippen LogP contribution in [0, 0.1) is 5.92 Å². The summed E-state index contributed by atoms with van der Waals surface area (Å²) in [6.45, 7) is 4.01. The topological polar surface area (TPSA) is 83.6 Å². The third-order valence-corrected chi connectivity index (χ3v) is 2.64. The van der Waals surface area contributed by atoms with Crippen LogP contribution >= 0.6 is 11.6 Å². The van der Waals surface area contributed by atoms with E-state index in [9.17, 15) is 14.7 Å². The Labute approximate surface area is 117 Å². The highest BCUT2D eigenvalue weighted by Crippen LogP contribution is 2.23. The van der Waals surface area contributed by atoms with E-state index < -0.39 is 11.8 Å². The van der Waals surface area contributed by atoms with Crippen molar-refractivity contribution in [3.8, 4) is 5.75 Å². The normalized spacial score (nSPS) is 10.5. The fourth-order valence-corrected chi connectivity index (χ4v) is 1.87. The highest BCUT2D eigenvalue weighted by molar-refractivity contribution is 6.31.